The molecule has 3 nitrogen and oxygen atoms in total. The number of amides is 1. The van der Waals surface area contributed by atoms with E-state index < -0.39 is 0 Å². The molecule has 2 aliphatic rings. The van der Waals surface area contributed by atoms with Crippen molar-refractivity contribution in [1.29, 1.82) is 0 Å². The van der Waals surface area contributed by atoms with Gasteiger partial charge in [0.25, 0.3) is 0 Å². The predicted molar refractivity (Wildman–Crippen MR) is 77.9 cm³/mol. The number of hydrogen-bond donors (Lipinski definition) is 1. The van der Waals surface area contributed by atoms with Crippen LogP contribution in [0.15, 0.2) is 16.8 Å². The number of hydrogen-bond acceptors (Lipinski definition) is 3. The largest absolute Gasteiger partial charge is 0.321 e. The van der Waals surface area contributed by atoms with Crippen LogP contribution < -0.4 is 5.32 Å². The fourth-order valence-electron chi connectivity index (χ4n) is 2.76. The number of nitrogens with one attached hydrogen (secondary N) is 1. The highest BCUT2D eigenvalue weighted by Crippen LogP contribution is 2.36. The highest BCUT2D eigenvalue weighted by molar-refractivity contribution is 7.07. The molecule has 3 unspecified atom stereocenters. The van der Waals surface area contributed by atoms with E-state index in [-0.39, 0.29) is 12.2 Å². The van der Waals surface area contributed by atoms with Gasteiger partial charge in [-0.1, -0.05) is 20.3 Å². The molecule has 2 heterocycles. The summed E-state index contributed by atoms with van der Waals surface area (Å²) in [6.45, 7) is 5.25. The van der Waals surface area contributed by atoms with Gasteiger partial charge in [-0.2, -0.15) is 11.3 Å². The van der Waals surface area contributed by atoms with E-state index in [9.17, 15) is 4.79 Å². The van der Waals surface area contributed by atoms with Crippen molar-refractivity contribution < 1.29 is 4.79 Å². The second-order valence-corrected chi connectivity index (χ2v) is 6.70. The molecule has 4 heteroatoms. The Morgan fingerprint density at radius 2 is 2.32 bits per heavy atom. The van der Waals surface area contributed by atoms with Gasteiger partial charge in [-0.25, -0.2) is 0 Å². The van der Waals surface area contributed by atoms with Crippen LogP contribution in [-0.4, -0.2) is 23.4 Å². The van der Waals surface area contributed by atoms with Crippen LogP contribution in [0.4, 0.5) is 0 Å². The molecule has 2 fully saturated rings. The van der Waals surface area contributed by atoms with Gasteiger partial charge in [0.05, 0.1) is 6.04 Å². The first-order valence-electron chi connectivity index (χ1n) is 7.29. The van der Waals surface area contributed by atoms with Crippen molar-refractivity contribution in [3.05, 3.63) is 22.4 Å². The third-order valence-corrected chi connectivity index (χ3v) is 5.12. The lowest BCUT2D eigenvalue weighted by atomic mass is 9.99. The Kier molecular flexibility index (Phi) is 3.63. The molecule has 1 amide bonds. The molecule has 1 aromatic rings. The van der Waals surface area contributed by atoms with Crippen LogP contribution in [0.5, 0.6) is 0 Å². The number of carbonyl (C=O) groups is 1. The van der Waals surface area contributed by atoms with Crippen LogP contribution in [0.25, 0.3) is 0 Å². The minimum Gasteiger partial charge on any atom is -0.321 e. The average Bonchev–Trinajstić information content (AvgIpc) is 2.95. The number of thiophene rings is 1. The lowest BCUT2D eigenvalue weighted by molar-refractivity contribution is -0.131. The van der Waals surface area contributed by atoms with Crippen molar-refractivity contribution in [3.8, 4) is 0 Å². The van der Waals surface area contributed by atoms with Gasteiger partial charge in [-0.05, 0) is 47.1 Å². The van der Waals surface area contributed by atoms with Gasteiger partial charge < -0.3 is 4.90 Å². The molecule has 1 aliphatic heterocycles. The average molecular weight is 278 g/mol. The lowest BCUT2D eigenvalue weighted by Crippen LogP contribution is -2.36. The second kappa shape index (κ2) is 5.25. The maximum atomic E-state index is 12.6. The molecule has 0 aromatic carbocycles. The Morgan fingerprint density at radius 3 is 2.89 bits per heavy atom. The minimum absolute atomic E-state index is 0.00588. The van der Waals surface area contributed by atoms with Crippen LogP contribution in [0.1, 0.15) is 44.8 Å². The van der Waals surface area contributed by atoms with Gasteiger partial charge in [-0.3, -0.25) is 10.1 Å². The summed E-state index contributed by atoms with van der Waals surface area (Å²) in [5, 5.41) is 7.81. The van der Waals surface area contributed by atoms with Crippen molar-refractivity contribution in [2.75, 3.05) is 6.54 Å². The van der Waals surface area contributed by atoms with Gasteiger partial charge in [-0.15, -0.1) is 0 Å². The number of nitrogens with zero attached hydrogens (tertiary/aromatic N) is 1. The van der Waals surface area contributed by atoms with Gasteiger partial charge in [0, 0.05) is 6.54 Å². The Morgan fingerprint density at radius 1 is 1.53 bits per heavy atom. The first kappa shape index (κ1) is 13.1. The fourth-order valence-corrected chi connectivity index (χ4v) is 3.44. The summed E-state index contributed by atoms with van der Waals surface area (Å²) in [5.41, 5.74) is 1.24. The summed E-state index contributed by atoms with van der Waals surface area (Å²) in [4.78, 5) is 14.7. The summed E-state index contributed by atoms with van der Waals surface area (Å²) in [7, 11) is 0. The molecule has 0 radical (unpaired) electrons. The van der Waals surface area contributed by atoms with Crippen LogP contribution in [0, 0.1) is 11.8 Å². The molecule has 19 heavy (non-hydrogen) atoms. The third kappa shape index (κ3) is 2.56. The summed E-state index contributed by atoms with van der Waals surface area (Å²) in [5.74, 6) is 1.44. The van der Waals surface area contributed by atoms with Crippen molar-refractivity contribution in [2.45, 2.75) is 45.3 Å². The molecule has 1 aliphatic carbocycles. The third-order valence-electron chi connectivity index (χ3n) is 4.42. The van der Waals surface area contributed by atoms with E-state index in [1.165, 1.54) is 18.4 Å². The van der Waals surface area contributed by atoms with Gasteiger partial charge in [0.15, 0.2) is 0 Å². The SMILES string of the molecule is CCC(C)C1NC(c2ccsc2)N(CC2CC2)C1=O. The molecule has 3 atom stereocenters. The van der Waals surface area contributed by atoms with Crippen molar-refractivity contribution in [3.63, 3.8) is 0 Å². The van der Waals surface area contributed by atoms with Crippen LogP contribution in [0.2, 0.25) is 0 Å². The van der Waals surface area contributed by atoms with E-state index in [1.807, 2.05) is 0 Å². The zero-order valence-corrected chi connectivity index (χ0v) is 12.5. The monoisotopic (exact) mass is 278 g/mol. The van der Waals surface area contributed by atoms with E-state index in [1.54, 1.807) is 11.3 Å². The molecule has 104 valence electrons. The van der Waals surface area contributed by atoms with Gasteiger partial charge in [0.2, 0.25) is 5.91 Å². The molecule has 0 bridgehead atoms. The van der Waals surface area contributed by atoms with E-state index in [4.69, 9.17) is 0 Å². The standard InChI is InChI=1S/C15H22N2OS/c1-3-10(2)13-15(18)17(8-11-4-5-11)14(16-13)12-6-7-19-9-12/h6-7,9-11,13-14,16H,3-5,8H2,1-2H3. The highest BCUT2D eigenvalue weighted by atomic mass is 32.1. The van der Waals surface area contributed by atoms with Crippen molar-refractivity contribution in [2.24, 2.45) is 11.8 Å². The summed E-state index contributed by atoms with van der Waals surface area (Å²) >= 11 is 1.70. The van der Waals surface area contributed by atoms with E-state index in [0.717, 1.165) is 18.9 Å². The predicted octanol–water partition coefficient (Wildman–Crippen LogP) is 3.00. The first-order valence-corrected chi connectivity index (χ1v) is 8.23. The Labute approximate surface area is 119 Å². The summed E-state index contributed by atoms with van der Waals surface area (Å²) < 4.78 is 0. The van der Waals surface area contributed by atoms with Gasteiger partial charge >= 0.3 is 0 Å². The van der Waals surface area contributed by atoms with Crippen LogP contribution in [0.3, 0.4) is 0 Å². The van der Waals surface area contributed by atoms with E-state index in [2.05, 4.69) is 40.9 Å². The fraction of sp³-hybridized carbons (Fsp3) is 0.667. The summed E-state index contributed by atoms with van der Waals surface area (Å²) in [6.07, 6.45) is 3.71. The normalized spacial score (nSPS) is 28.9. The van der Waals surface area contributed by atoms with Crippen molar-refractivity contribution in [1.82, 2.24) is 10.2 Å². The zero-order valence-electron chi connectivity index (χ0n) is 11.6. The molecule has 1 saturated heterocycles. The van der Waals surface area contributed by atoms with Gasteiger partial charge in [0.1, 0.15) is 6.17 Å². The number of rotatable bonds is 5. The highest BCUT2D eigenvalue weighted by Gasteiger charge is 2.43. The van der Waals surface area contributed by atoms with Crippen LogP contribution in [-0.2, 0) is 4.79 Å². The van der Waals surface area contributed by atoms with E-state index in [0.29, 0.717) is 11.8 Å². The number of carbonyl (C=O) groups excluding carboxylic acids is 1. The van der Waals surface area contributed by atoms with Crippen LogP contribution >= 0.6 is 11.3 Å². The smallest absolute Gasteiger partial charge is 0.241 e. The first-order chi connectivity index (χ1) is 9.20. The Bertz CT molecular complexity index is 441. The Hall–Kier alpha value is -0.870. The maximum absolute atomic E-state index is 12.6. The topological polar surface area (TPSA) is 32.3 Å². The van der Waals surface area contributed by atoms with Crippen molar-refractivity contribution >= 4 is 17.2 Å². The quantitative estimate of drug-likeness (QED) is 0.898. The molecular weight excluding hydrogens is 256 g/mol. The molecule has 0 spiro atoms. The molecular formula is C15H22N2OS. The minimum atomic E-state index is -0.00588. The molecule has 3 rings (SSSR count). The summed E-state index contributed by atoms with van der Waals surface area (Å²) in [6, 6.07) is 2.13. The molecule has 1 saturated carbocycles. The molecule has 1 N–H and O–H groups in total. The zero-order chi connectivity index (χ0) is 13.4. The maximum Gasteiger partial charge on any atom is 0.241 e. The lowest BCUT2D eigenvalue weighted by Gasteiger charge is -2.23. The molecule has 1 aromatic heterocycles. The Balaban J connectivity index is 1.81. The van der Waals surface area contributed by atoms with E-state index >= 15 is 0 Å². The second-order valence-electron chi connectivity index (χ2n) is 5.92.